The number of hydrogen-bond donors (Lipinski definition) is 0. The predicted octanol–water partition coefficient (Wildman–Crippen LogP) is 5.13. The molecule has 0 aliphatic heterocycles. The second kappa shape index (κ2) is 12.9. The van der Waals surface area contributed by atoms with E-state index >= 15 is 0 Å². The van der Waals surface area contributed by atoms with Gasteiger partial charge in [0, 0.05) is 0 Å². The molecule has 0 spiro atoms. The summed E-state index contributed by atoms with van der Waals surface area (Å²) in [4.78, 5) is 85.6. The van der Waals surface area contributed by atoms with Crippen molar-refractivity contribution in [2.45, 2.75) is 112 Å². The molecule has 0 amide bonds. The third-order valence-corrected chi connectivity index (χ3v) is 2.27. The van der Waals surface area contributed by atoms with E-state index in [4.69, 9.17) is 19.6 Å². The zero-order valence-electron chi connectivity index (χ0n) is 23.0. The molecule has 0 aliphatic rings. The van der Waals surface area contributed by atoms with Crippen molar-refractivity contribution in [3.63, 3.8) is 0 Å². The maximum atomic E-state index is 12.2. The van der Waals surface area contributed by atoms with Crippen LogP contribution in [-0.4, -0.2) is 53.2 Å². The normalized spacial score (nSPS) is 12.6. The number of hydrogen-bond acceptors (Lipinski definition) is 16. The molecule has 0 rings (SSSR count). The van der Waals surface area contributed by atoms with Crippen molar-refractivity contribution >= 4 is 24.6 Å². The van der Waals surface area contributed by atoms with Crippen LogP contribution in [0.25, 0.3) is 0 Å². The summed E-state index contributed by atoms with van der Waals surface area (Å²) in [6, 6.07) is 0. The van der Waals surface area contributed by atoms with Gasteiger partial charge in [0.2, 0.25) is 0 Å². The van der Waals surface area contributed by atoms with E-state index in [1.807, 2.05) is 0 Å². The maximum Gasteiger partial charge on any atom is 0.629 e. The lowest BCUT2D eigenvalue weighted by Crippen LogP contribution is -2.49. The first-order chi connectivity index (χ1) is 16.4. The van der Waals surface area contributed by atoms with E-state index in [1.165, 1.54) is 83.1 Å². The third-order valence-electron chi connectivity index (χ3n) is 2.27. The fourth-order valence-electron chi connectivity index (χ4n) is 1.24. The van der Waals surface area contributed by atoms with Crippen LogP contribution in [0.15, 0.2) is 0 Å². The molecule has 0 aliphatic carbocycles. The fraction of sp³-hybridized carbons (Fsp3) is 0.810. The molecule has 0 saturated carbocycles. The first kappa shape index (κ1) is 33.9. The number of rotatable bonds is 8. The monoisotopic (exact) mass is 544 g/mol. The molecule has 0 bridgehead atoms. The van der Waals surface area contributed by atoms with Gasteiger partial charge in [-0.15, -0.1) is 0 Å². The minimum Gasteiger partial charge on any atom is -0.317 e. The minimum absolute atomic E-state index is 1.04. The number of carbonyl (C=O) groups is 4. The Morgan fingerprint density at radius 2 is 0.514 bits per heavy atom. The SMILES string of the molecule is CC(C)(C)OOC(=O)OC(OC(=O)OOC(C)(C)C)(OC(=O)OOC(C)(C)C)OC(=O)OOC(C)(C)C. The van der Waals surface area contributed by atoms with Crippen molar-refractivity contribution in [3.8, 4) is 0 Å². The van der Waals surface area contributed by atoms with E-state index < -0.39 is 53.2 Å². The van der Waals surface area contributed by atoms with Gasteiger partial charge in [-0.3, -0.25) is 19.6 Å². The standard InChI is InChI=1S/C21H36O16/c1-17(2,3)34-30-13(22)26-21(27-14(23)31-35-18(4,5)6,28-15(24)32-36-19(7,8)9)29-16(25)33-37-20(10,11)12/h1-12H3. The summed E-state index contributed by atoms with van der Waals surface area (Å²) in [6.45, 7) is 18.0. The Morgan fingerprint density at radius 1 is 0.351 bits per heavy atom. The van der Waals surface area contributed by atoms with Gasteiger partial charge in [-0.25, -0.2) is 19.2 Å². The van der Waals surface area contributed by atoms with Gasteiger partial charge in [-0.2, -0.15) is 19.6 Å². The zero-order chi connectivity index (χ0) is 29.3. The highest BCUT2D eigenvalue weighted by Crippen LogP contribution is 2.24. The van der Waals surface area contributed by atoms with E-state index in [2.05, 4.69) is 38.5 Å². The van der Waals surface area contributed by atoms with Crippen LogP contribution in [-0.2, 0) is 58.0 Å². The van der Waals surface area contributed by atoms with Crippen LogP contribution in [0.4, 0.5) is 19.2 Å². The van der Waals surface area contributed by atoms with Crippen LogP contribution in [0.2, 0.25) is 0 Å². The van der Waals surface area contributed by atoms with Crippen molar-refractivity contribution in [1.29, 1.82) is 0 Å². The average Bonchev–Trinajstić information content (AvgIpc) is 2.65. The molecule has 0 heterocycles. The van der Waals surface area contributed by atoms with Gasteiger partial charge < -0.3 is 18.9 Å². The summed E-state index contributed by atoms with van der Waals surface area (Å²) in [5, 5.41) is 0. The first-order valence-corrected chi connectivity index (χ1v) is 10.7. The Bertz CT molecular complexity index is 645. The van der Waals surface area contributed by atoms with E-state index in [1.54, 1.807) is 0 Å². The quantitative estimate of drug-likeness (QED) is 0.170. The molecule has 0 atom stereocenters. The molecule has 0 aromatic rings. The van der Waals surface area contributed by atoms with Crippen molar-refractivity contribution in [2.75, 3.05) is 0 Å². The summed E-state index contributed by atoms with van der Waals surface area (Å²) in [7, 11) is 0. The molecule has 0 saturated heterocycles. The highest BCUT2D eigenvalue weighted by Gasteiger charge is 2.54. The van der Waals surface area contributed by atoms with Crippen LogP contribution < -0.4 is 0 Å². The highest BCUT2D eigenvalue weighted by molar-refractivity contribution is 5.66. The number of carbonyl (C=O) groups excluding carboxylic acids is 4. The molecule has 0 radical (unpaired) electrons. The molecule has 216 valence electrons. The van der Waals surface area contributed by atoms with E-state index in [0.717, 1.165) is 0 Å². The molecule has 0 fully saturated rings. The van der Waals surface area contributed by atoms with Gasteiger partial charge in [-0.05, 0) is 83.1 Å². The van der Waals surface area contributed by atoms with Crippen LogP contribution in [0.1, 0.15) is 83.1 Å². The third kappa shape index (κ3) is 18.8. The highest BCUT2D eigenvalue weighted by atomic mass is 17.3. The smallest absolute Gasteiger partial charge is 0.317 e. The van der Waals surface area contributed by atoms with Gasteiger partial charge in [0.25, 0.3) is 0 Å². The lowest BCUT2D eigenvalue weighted by Gasteiger charge is -2.28. The molecule has 16 nitrogen and oxygen atoms in total. The van der Waals surface area contributed by atoms with E-state index in [9.17, 15) is 19.2 Å². The van der Waals surface area contributed by atoms with Crippen molar-refractivity contribution < 1.29 is 77.2 Å². The molecule has 0 aromatic carbocycles. The van der Waals surface area contributed by atoms with Gasteiger partial charge in [0.05, 0.1) is 0 Å². The molecule has 37 heavy (non-hydrogen) atoms. The lowest BCUT2D eigenvalue weighted by atomic mass is 10.2. The second-order valence-corrected chi connectivity index (χ2v) is 11.0. The maximum absolute atomic E-state index is 12.2. The van der Waals surface area contributed by atoms with Crippen LogP contribution in [0, 0.1) is 0 Å². The molecule has 16 heteroatoms. The molecular formula is C21H36O16. The van der Waals surface area contributed by atoms with Crippen molar-refractivity contribution in [3.05, 3.63) is 0 Å². The zero-order valence-corrected chi connectivity index (χ0v) is 23.0. The predicted molar refractivity (Wildman–Crippen MR) is 116 cm³/mol. The Morgan fingerprint density at radius 3 is 0.649 bits per heavy atom. The largest absolute Gasteiger partial charge is 0.629 e. The van der Waals surface area contributed by atoms with Crippen LogP contribution in [0.5, 0.6) is 0 Å². The van der Waals surface area contributed by atoms with E-state index in [0.29, 0.717) is 0 Å². The van der Waals surface area contributed by atoms with Gasteiger partial charge in [-0.1, -0.05) is 0 Å². The molecule has 0 unspecified atom stereocenters. The fourth-order valence-corrected chi connectivity index (χ4v) is 1.24. The summed E-state index contributed by atoms with van der Waals surface area (Å²) < 4.78 is 18.5. The summed E-state index contributed by atoms with van der Waals surface area (Å²) in [6.07, 6.45) is -11.0. The molecule has 0 N–H and O–H groups in total. The van der Waals surface area contributed by atoms with Gasteiger partial charge in [0.1, 0.15) is 22.4 Å². The molecule has 0 aromatic heterocycles. The van der Waals surface area contributed by atoms with E-state index in [-0.39, 0.29) is 0 Å². The van der Waals surface area contributed by atoms with Crippen molar-refractivity contribution in [1.82, 2.24) is 0 Å². The summed E-state index contributed by atoms with van der Waals surface area (Å²) >= 11 is 0. The Hall–Kier alpha value is -3.08. The summed E-state index contributed by atoms with van der Waals surface area (Å²) in [5.41, 5.74) is -4.16. The molecular weight excluding hydrogens is 508 g/mol. The van der Waals surface area contributed by atoms with Crippen LogP contribution in [0.3, 0.4) is 0 Å². The average molecular weight is 545 g/mol. The second-order valence-electron chi connectivity index (χ2n) is 11.0. The van der Waals surface area contributed by atoms with Gasteiger partial charge >= 0.3 is 30.8 Å². The summed E-state index contributed by atoms with van der Waals surface area (Å²) in [5.74, 6) is 0. The Balaban J connectivity index is 6.07. The lowest BCUT2D eigenvalue weighted by molar-refractivity contribution is -0.465. The Kier molecular flexibility index (Phi) is 11.9. The van der Waals surface area contributed by atoms with Gasteiger partial charge in [0.15, 0.2) is 0 Å². The topological polar surface area (TPSA) is 179 Å². The minimum atomic E-state index is -3.73. The first-order valence-electron chi connectivity index (χ1n) is 10.7. The van der Waals surface area contributed by atoms with Crippen molar-refractivity contribution in [2.24, 2.45) is 0 Å². The Labute approximate surface area is 214 Å². The number of ether oxygens (including phenoxy) is 4. The van der Waals surface area contributed by atoms with Crippen LogP contribution >= 0.6 is 0 Å².